The van der Waals surface area contributed by atoms with Gasteiger partial charge in [0.05, 0.1) is 6.10 Å². The molecule has 0 saturated heterocycles. The summed E-state index contributed by atoms with van der Waals surface area (Å²) in [6, 6.07) is 0. The molecule has 84 valence electrons. The van der Waals surface area contributed by atoms with Gasteiger partial charge in [-0.25, -0.2) is 0 Å². The van der Waals surface area contributed by atoms with Gasteiger partial charge in [-0.15, -0.1) is 0 Å². The summed E-state index contributed by atoms with van der Waals surface area (Å²) in [5.74, 6) is 0. The third kappa shape index (κ3) is 9.75. The smallest absolute Gasteiger partial charge is 0.0596 e. The molecule has 0 fully saturated rings. The summed E-state index contributed by atoms with van der Waals surface area (Å²) in [4.78, 5) is 0. The van der Waals surface area contributed by atoms with Crippen LogP contribution in [0.3, 0.4) is 0 Å². The summed E-state index contributed by atoms with van der Waals surface area (Å²) >= 11 is 0. The first-order valence-corrected chi connectivity index (χ1v) is 5.75. The molecule has 0 amide bonds. The van der Waals surface area contributed by atoms with E-state index in [9.17, 15) is 5.11 Å². The van der Waals surface area contributed by atoms with Gasteiger partial charge in [0, 0.05) is 6.61 Å². The lowest BCUT2D eigenvalue weighted by atomic mass is 10.1. The van der Waals surface area contributed by atoms with Gasteiger partial charge in [0.1, 0.15) is 0 Å². The van der Waals surface area contributed by atoms with Crippen molar-refractivity contribution in [3.05, 3.63) is 12.2 Å². The van der Waals surface area contributed by atoms with Crippen LogP contribution in [0.4, 0.5) is 0 Å². The number of allylic oxidation sites excluding steroid dienone is 1. The van der Waals surface area contributed by atoms with Gasteiger partial charge in [0.25, 0.3) is 0 Å². The summed E-state index contributed by atoms with van der Waals surface area (Å²) in [6.07, 6.45) is 11.2. The maximum Gasteiger partial charge on any atom is 0.0596 e. The highest BCUT2D eigenvalue weighted by Crippen LogP contribution is 2.04. The summed E-state index contributed by atoms with van der Waals surface area (Å²) in [5.41, 5.74) is 0. The van der Waals surface area contributed by atoms with Gasteiger partial charge in [-0.3, -0.25) is 0 Å². The molecule has 0 spiro atoms. The summed E-state index contributed by atoms with van der Waals surface area (Å²) < 4.78 is 0. The molecular formula is C12H24O2. The van der Waals surface area contributed by atoms with Crippen molar-refractivity contribution in [3.63, 3.8) is 0 Å². The Morgan fingerprint density at radius 3 is 2.57 bits per heavy atom. The van der Waals surface area contributed by atoms with Gasteiger partial charge in [0.2, 0.25) is 0 Å². The summed E-state index contributed by atoms with van der Waals surface area (Å²) in [7, 11) is 0. The molecule has 0 heterocycles. The largest absolute Gasteiger partial charge is 0.396 e. The first kappa shape index (κ1) is 13.7. The van der Waals surface area contributed by atoms with Gasteiger partial charge in [-0.1, -0.05) is 38.3 Å². The Morgan fingerprint density at radius 1 is 1.14 bits per heavy atom. The second-order valence-electron chi connectivity index (χ2n) is 3.72. The molecule has 0 aromatic carbocycles. The van der Waals surface area contributed by atoms with Crippen molar-refractivity contribution < 1.29 is 10.2 Å². The number of aliphatic hydroxyl groups is 2. The van der Waals surface area contributed by atoms with E-state index in [0.717, 1.165) is 6.42 Å². The van der Waals surface area contributed by atoms with Crippen LogP contribution in [0, 0.1) is 0 Å². The third-order valence-electron chi connectivity index (χ3n) is 2.26. The minimum atomic E-state index is -0.369. The van der Waals surface area contributed by atoms with Crippen LogP contribution in [-0.4, -0.2) is 22.9 Å². The predicted octanol–water partition coefficient (Wildman–Crippen LogP) is 2.65. The minimum absolute atomic E-state index is 0.0749. The summed E-state index contributed by atoms with van der Waals surface area (Å²) in [5, 5.41) is 17.8. The van der Waals surface area contributed by atoms with E-state index in [-0.39, 0.29) is 12.7 Å². The Balaban J connectivity index is 3.18. The van der Waals surface area contributed by atoms with Crippen LogP contribution < -0.4 is 0 Å². The number of rotatable bonds is 9. The molecule has 0 rings (SSSR count). The van der Waals surface area contributed by atoms with Gasteiger partial charge >= 0.3 is 0 Å². The lowest BCUT2D eigenvalue weighted by Gasteiger charge is -2.03. The molecular weight excluding hydrogens is 176 g/mol. The van der Waals surface area contributed by atoms with Crippen LogP contribution in [0.5, 0.6) is 0 Å². The highest BCUT2D eigenvalue weighted by Gasteiger charge is 1.98. The fourth-order valence-electron chi connectivity index (χ4n) is 1.33. The van der Waals surface area contributed by atoms with Crippen molar-refractivity contribution in [2.45, 2.75) is 58.0 Å². The number of hydrogen-bond donors (Lipinski definition) is 2. The van der Waals surface area contributed by atoms with Gasteiger partial charge < -0.3 is 10.2 Å². The van der Waals surface area contributed by atoms with Gasteiger partial charge in [0.15, 0.2) is 0 Å². The van der Waals surface area contributed by atoms with Crippen molar-refractivity contribution in [2.24, 2.45) is 0 Å². The molecule has 0 aliphatic rings. The second kappa shape index (κ2) is 10.7. The highest BCUT2D eigenvalue weighted by molar-refractivity contribution is 4.83. The van der Waals surface area contributed by atoms with Crippen LogP contribution in [0.2, 0.25) is 0 Å². The fraction of sp³-hybridized carbons (Fsp3) is 0.833. The van der Waals surface area contributed by atoms with Crippen LogP contribution in [0.15, 0.2) is 12.2 Å². The standard InChI is InChI=1S/C12H24O2/c1-2-3-4-5-6-7-8-9-12(14)10-11-13/h7-8,12-14H,2-6,9-11H2,1H3/b8-7-/t12-/m1/s1. The lowest BCUT2D eigenvalue weighted by Crippen LogP contribution is -2.06. The molecule has 0 aromatic heterocycles. The van der Waals surface area contributed by atoms with Crippen LogP contribution in [-0.2, 0) is 0 Å². The number of unbranched alkanes of at least 4 members (excludes halogenated alkanes) is 4. The SMILES string of the molecule is CCCCCC/C=C\C[C@@H](O)CCO. The molecule has 0 aliphatic heterocycles. The quantitative estimate of drug-likeness (QED) is 0.444. The Kier molecular flexibility index (Phi) is 10.5. The van der Waals surface area contributed by atoms with E-state index in [1.54, 1.807) is 0 Å². The fourth-order valence-corrected chi connectivity index (χ4v) is 1.33. The lowest BCUT2D eigenvalue weighted by molar-refractivity contribution is 0.135. The molecule has 0 unspecified atom stereocenters. The maximum atomic E-state index is 9.28. The van der Waals surface area contributed by atoms with Crippen molar-refractivity contribution >= 4 is 0 Å². The Bertz CT molecular complexity index is 132. The van der Waals surface area contributed by atoms with E-state index in [1.807, 2.05) is 6.08 Å². The van der Waals surface area contributed by atoms with E-state index >= 15 is 0 Å². The van der Waals surface area contributed by atoms with Gasteiger partial charge in [-0.05, 0) is 25.7 Å². The Hall–Kier alpha value is -0.340. The zero-order valence-corrected chi connectivity index (χ0v) is 9.28. The van der Waals surface area contributed by atoms with Crippen LogP contribution in [0.1, 0.15) is 51.9 Å². The predicted molar refractivity (Wildman–Crippen MR) is 60.2 cm³/mol. The van der Waals surface area contributed by atoms with Crippen molar-refractivity contribution in [3.8, 4) is 0 Å². The third-order valence-corrected chi connectivity index (χ3v) is 2.26. The average molecular weight is 200 g/mol. The Morgan fingerprint density at radius 2 is 1.93 bits per heavy atom. The normalized spacial score (nSPS) is 13.6. The van der Waals surface area contributed by atoms with Gasteiger partial charge in [-0.2, -0.15) is 0 Å². The molecule has 0 radical (unpaired) electrons. The number of hydrogen-bond acceptors (Lipinski definition) is 2. The molecule has 0 bridgehead atoms. The van der Waals surface area contributed by atoms with Crippen molar-refractivity contribution in [1.29, 1.82) is 0 Å². The minimum Gasteiger partial charge on any atom is -0.396 e. The zero-order chi connectivity index (χ0) is 10.6. The van der Waals surface area contributed by atoms with Crippen LogP contribution >= 0.6 is 0 Å². The van der Waals surface area contributed by atoms with E-state index in [4.69, 9.17) is 5.11 Å². The molecule has 0 aromatic rings. The molecule has 1 atom stereocenters. The first-order chi connectivity index (χ1) is 6.81. The second-order valence-corrected chi connectivity index (χ2v) is 3.72. The van der Waals surface area contributed by atoms with E-state index < -0.39 is 0 Å². The first-order valence-electron chi connectivity index (χ1n) is 5.75. The highest BCUT2D eigenvalue weighted by atomic mass is 16.3. The Labute approximate surface area is 87.7 Å². The molecule has 2 nitrogen and oxygen atoms in total. The average Bonchev–Trinajstić information content (AvgIpc) is 2.17. The van der Waals surface area contributed by atoms with E-state index in [2.05, 4.69) is 13.0 Å². The molecule has 0 saturated carbocycles. The maximum absolute atomic E-state index is 9.28. The van der Waals surface area contributed by atoms with E-state index in [1.165, 1.54) is 25.7 Å². The molecule has 0 aliphatic carbocycles. The van der Waals surface area contributed by atoms with E-state index in [0.29, 0.717) is 12.8 Å². The number of aliphatic hydroxyl groups excluding tert-OH is 2. The van der Waals surface area contributed by atoms with Crippen molar-refractivity contribution in [2.75, 3.05) is 6.61 Å². The summed E-state index contributed by atoms with van der Waals surface area (Å²) in [6.45, 7) is 2.28. The topological polar surface area (TPSA) is 40.5 Å². The molecule has 2 N–H and O–H groups in total. The molecule has 2 heteroatoms. The molecule has 14 heavy (non-hydrogen) atoms. The monoisotopic (exact) mass is 200 g/mol. The zero-order valence-electron chi connectivity index (χ0n) is 9.28. The van der Waals surface area contributed by atoms with Crippen molar-refractivity contribution in [1.82, 2.24) is 0 Å². The van der Waals surface area contributed by atoms with Crippen LogP contribution in [0.25, 0.3) is 0 Å².